The Morgan fingerprint density at radius 2 is 1.68 bits per heavy atom. The van der Waals surface area contributed by atoms with Crippen LogP contribution in [-0.2, 0) is 13.0 Å². The Kier molecular flexibility index (Phi) is 5.85. The molecule has 8 heteroatoms. The average molecular weight is 441 g/mol. The Morgan fingerprint density at radius 3 is 2.45 bits per heavy atom. The number of halogens is 1. The molecule has 0 unspecified atom stereocenters. The molecule has 1 N–H and O–H groups in total. The molecule has 3 aliphatic heterocycles. The van der Waals surface area contributed by atoms with Gasteiger partial charge in [-0.25, -0.2) is 9.78 Å². The summed E-state index contributed by atoms with van der Waals surface area (Å²) in [6, 6.07) is 7.15. The van der Waals surface area contributed by atoms with Crippen molar-refractivity contribution in [3.05, 3.63) is 40.5 Å². The number of carbonyl (C=O) groups is 1. The third-order valence-electron chi connectivity index (χ3n) is 6.43. The van der Waals surface area contributed by atoms with Gasteiger partial charge >= 0.3 is 6.03 Å². The Morgan fingerprint density at radius 1 is 0.935 bits per heavy atom. The molecule has 164 valence electrons. The fraction of sp³-hybridized carbons (Fsp3) is 0.522. The third kappa shape index (κ3) is 4.42. The van der Waals surface area contributed by atoms with E-state index in [-0.39, 0.29) is 6.03 Å². The number of nitrogens with one attached hydrogen (secondary N) is 1. The molecular formula is C23H29ClN6O. The highest BCUT2D eigenvalue weighted by Crippen LogP contribution is 2.32. The minimum atomic E-state index is -0.110. The van der Waals surface area contributed by atoms with E-state index in [0.29, 0.717) is 23.8 Å². The number of rotatable bonds is 3. The third-order valence-corrected chi connectivity index (χ3v) is 6.67. The van der Waals surface area contributed by atoms with Crippen molar-refractivity contribution in [2.24, 2.45) is 0 Å². The molecule has 2 amide bonds. The molecule has 0 saturated carbocycles. The number of anilines is 3. The lowest BCUT2D eigenvalue weighted by Crippen LogP contribution is -2.41. The number of amides is 2. The van der Waals surface area contributed by atoms with Crippen LogP contribution in [0, 0.1) is 0 Å². The summed E-state index contributed by atoms with van der Waals surface area (Å²) in [4.78, 5) is 29.5. The largest absolute Gasteiger partial charge is 0.356 e. The monoisotopic (exact) mass is 440 g/mol. The predicted octanol–water partition coefficient (Wildman–Crippen LogP) is 4.31. The molecule has 0 aliphatic carbocycles. The summed E-state index contributed by atoms with van der Waals surface area (Å²) in [6.07, 6.45) is 6.82. The molecule has 0 atom stereocenters. The first kappa shape index (κ1) is 20.4. The molecule has 31 heavy (non-hydrogen) atoms. The summed E-state index contributed by atoms with van der Waals surface area (Å²) in [6.45, 7) is 5.30. The van der Waals surface area contributed by atoms with Crippen molar-refractivity contribution in [1.29, 1.82) is 0 Å². The zero-order valence-corrected chi connectivity index (χ0v) is 18.6. The standard InChI is InChI=1S/C23H29ClN6O/c24-17-7-6-8-18(15-17)25-23(31)30-14-9-20-19(16-30)21(28-10-2-1-3-11-28)27-22(26-20)29-12-4-5-13-29/h6-8,15H,1-5,9-14,16H2,(H,25,31). The van der Waals surface area contributed by atoms with E-state index in [0.717, 1.165) is 55.6 Å². The van der Waals surface area contributed by atoms with E-state index in [1.165, 1.54) is 32.1 Å². The van der Waals surface area contributed by atoms with Gasteiger partial charge in [0.05, 0.1) is 12.2 Å². The van der Waals surface area contributed by atoms with Gasteiger partial charge in [-0.1, -0.05) is 17.7 Å². The Hall–Kier alpha value is -2.54. The summed E-state index contributed by atoms with van der Waals surface area (Å²) in [5, 5.41) is 3.59. The van der Waals surface area contributed by atoms with Crippen LogP contribution in [-0.4, -0.2) is 53.6 Å². The summed E-state index contributed by atoms with van der Waals surface area (Å²) in [5.41, 5.74) is 2.92. The molecule has 1 aromatic carbocycles. The van der Waals surface area contributed by atoms with E-state index < -0.39 is 0 Å². The van der Waals surface area contributed by atoms with Gasteiger partial charge in [0, 0.05) is 55.4 Å². The molecule has 2 fully saturated rings. The van der Waals surface area contributed by atoms with Crippen molar-refractivity contribution < 1.29 is 4.79 Å². The zero-order chi connectivity index (χ0) is 21.2. The molecule has 0 spiro atoms. The highest BCUT2D eigenvalue weighted by Gasteiger charge is 2.29. The number of nitrogens with zero attached hydrogens (tertiary/aromatic N) is 5. The van der Waals surface area contributed by atoms with Crippen LogP contribution in [0.4, 0.5) is 22.2 Å². The average Bonchev–Trinajstić information content (AvgIpc) is 3.34. The number of aromatic nitrogens is 2. The molecule has 5 rings (SSSR count). The smallest absolute Gasteiger partial charge is 0.322 e. The summed E-state index contributed by atoms with van der Waals surface area (Å²) in [5.74, 6) is 1.90. The van der Waals surface area contributed by atoms with Crippen LogP contribution in [0.15, 0.2) is 24.3 Å². The van der Waals surface area contributed by atoms with E-state index in [1.54, 1.807) is 12.1 Å². The topological polar surface area (TPSA) is 64.6 Å². The second-order valence-electron chi connectivity index (χ2n) is 8.63. The zero-order valence-electron chi connectivity index (χ0n) is 17.8. The maximum atomic E-state index is 13.0. The van der Waals surface area contributed by atoms with Crippen molar-refractivity contribution in [2.75, 3.05) is 47.8 Å². The maximum absolute atomic E-state index is 13.0. The van der Waals surface area contributed by atoms with Crippen LogP contribution in [0.5, 0.6) is 0 Å². The van der Waals surface area contributed by atoms with Gasteiger partial charge in [-0.2, -0.15) is 4.98 Å². The summed E-state index contributed by atoms with van der Waals surface area (Å²) < 4.78 is 0. The van der Waals surface area contributed by atoms with Gasteiger partial charge in [0.25, 0.3) is 0 Å². The van der Waals surface area contributed by atoms with Gasteiger partial charge in [-0.3, -0.25) is 0 Å². The normalized spacial score (nSPS) is 18.8. The van der Waals surface area contributed by atoms with Crippen molar-refractivity contribution in [3.63, 3.8) is 0 Å². The molecule has 7 nitrogen and oxygen atoms in total. The lowest BCUT2D eigenvalue weighted by atomic mass is 10.0. The fourth-order valence-corrected chi connectivity index (χ4v) is 4.94. The molecule has 2 saturated heterocycles. The molecule has 0 bridgehead atoms. The van der Waals surface area contributed by atoms with E-state index in [9.17, 15) is 4.79 Å². The predicted molar refractivity (Wildman–Crippen MR) is 124 cm³/mol. The van der Waals surface area contributed by atoms with Crippen LogP contribution >= 0.6 is 11.6 Å². The first-order chi connectivity index (χ1) is 15.2. The second-order valence-corrected chi connectivity index (χ2v) is 9.06. The number of hydrogen-bond acceptors (Lipinski definition) is 5. The minimum absolute atomic E-state index is 0.110. The van der Waals surface area contributed by atoms with Crippen molar-refractivity contribution in [2.45, 2.75) is 45.1 Å². The Bertz CT molecular complexity index is 955. The number of carbonyl (C=O) groups excluding carboxylic acids is 1. The van der Waals surface area contributed by atoms with Crippen molar-refractivity contribution >= 4 is 35.1 Å². The second kappa shape index (κ2) is 8.91. The van der Waals surface area contributed by atoms with E-state index >= 15 is 0 Å². The summed E-state index contributed by atoms with van der Waals surface area (Å²) >= 11 is 6.07. The maximum Gasteiger partial charge on any atom is 0.322 e. The van der Waals surface area contributed by atoms with Crippen LogP contribution in [0.1, 0.15) is 43.4 Å². The summed E-state index contributed by atoms with van der Waals surface area (Å²) in [7, 11) is 0. The number of benzene rings is 1. The highest BCUT2D eigenvalue weighted by atomic mass is 35.5. The Labute approximate surface area is 188 Å². The lowest BCUT2D eigenvalue weighted by molar-refractivity contribution is 0.206. The number of hydrogen-bond donors (Lipinski definition) is 1. The molecule has 2 aromatic rings. The van der Waals surface area contributed by atoms with Gasteiger partial charge in [-0.15, -0.1) is 0 Å². The van der Waals surface area contributed by atoms with Crippen LogP contribution in [0.25, 0.3) is 0 Å². The van der Waals surface area contributed by atoms with Gasteiger partial charge < -0.3 is 20.0 Å². The molecule has 3 aliphatic rings. The number of piperidine rings is 1. The first-order valence-corrected chi connectivity index (χ1v) is 11.8. The SMILES string of the molecule is O=C(Nc1cccc(Cl)c1)N1CCc2nc(N3CCCC3)nc(N3CCCCC3)c2C1. The van der Waals surface area contributed by atoms with Gasteiger partial charge in [-0.05, 0) is 50.3 Å². The first-order valence-electron chi connectivity index (χ1n) is 11.4. The minimum Gasteiger partial charge on any atom is -0.356 e. The number of fused-ring (bicyclic) bond motifs is 1. The van der Waals surface area contributed by atoms with Crippen LogP contribution < -0.4 is 15.1 Å². The van der Waals surface area contributed by atoms with E-state index in [4.69, 9.17) is 21.6 Å². The van der Waals surface area contributed by atoms with Gasteiger partial charge in [0.2, 0.25) is 5.95 Å². The highest BCUT2D eigenvalue weighted by molar-refractivity contribution is 6.30. The van der Waals surface area contributed by atoms with Crippen molar-refractivity contribution in [1.82, 2.24) is 14.9 Å². The van der Waals surface area contributed by atoms with Gasteiger partial charge in [0.1, 0.15) is 5.82 Å². The van der Waals surface area contributed by atoms with Gasteiger partial charge in [0.15, 0.2) is 0 Å². The fourth-order valence-electron chi connectivity index (χ4n) is 4.75. The molecule has 1 aromatic heterocycles. The van der Waals surface area contributed by atoms with Crippen LogP contribution in [0.2, 0.25) is 5.02 Å². The quantitative estimate of drug-likeness (QED) is 0.770. The van der Waals surface area contributed by atoms with E-state index in [2.05, 4.69) is 15.1 Å². The van der Waals surface area contributed by atoms with Crippen molar-refractivity contribution in [3.8, 4) is 0 Å². The Balaban J connectivity index is 1.41. The number of urea groups is 1. The molecule has 0 radical (unpaired) electrons. The lowest BCUT2D eigenvalue weighted by Gasteiger charge is -2.35. The molecular weight excluding hydrogens is 412 g/mol. The van der Waals surface area contributed by atoms with E-state index in [1.807, 2.05) is 17.0 Å². The van der Waals surface area contributed by atoms with Crippen LogP contribution in [0.3, 0.4) is 0 Å². The molecule has 4 heterocycles.